The number of nitrogens with one attached hydrogen (secondary N) is 1. The lowest BCUT2D eigenvalue weighted by Crippen LogP contribution is -2.57. The third kappa shape index (κ3) is 6.15. The minimum absolute atomic E-state index is 0.0350. The van der Waals surface area contributed by atoms with Gasteiger partial charge in [0, 0.05) is 19.5 Å². The van der Waals surface area contributed by atoms with Crippen LogP contribution < -0.4 is 22.5 Å². The van der Waals surface area contributed by atoms with E-state index in [9.17, 15) is 33.9 Å². The van der Waals surface area contributed by atoms with E-state index in [0.29, 0.717) is 19.3 Å². The molecule has 0 radical (unpaired) electrons. The highest BCUT2D eigenvalue weighted by molar-refractivity contribution is 5.96. The van der Waals surface area contributed by atoms with E-state index in [1.165, 1.54) is 4.90 Å². The Labute approximate surface area is 184 Å². The lowest BCUT2D eigenvalue weighted by molar-refractivity contribution is -0.150. The number of aliphatic carboxylic acids is 1. The smallest absolute Gasteiger partial charge is 0.326 e. The summed E-state index contributed by atoms with van der Waals surface area (Å²) in [6, 6.07) is -4.32. The van der Waals surface area contributed by atoms with Crippen LogP contribution in [0, 0.1) is 0 Å². The Kier molecular flexibility index (Phi) is 8.52. The fraction of sp³-hybridized carbons (Fsp3) is 0.684. The second-order valence-corrected chi connectivity index (χ2v) is 8.06. The molecule has 2 fully saturated rings. The first-order chi connectivity index (χ1) is 15.0. The fourth-order valence-electron chi connectivity index (χ4n) is 4.09. The second kappa shape index (κ2) is 10.9. The first kappa shape index (κ1) is 25.0. The zero-order chi connectivity index (χ0) is 24.0. The third-order valence-electron chi connectivity index (χ3n) is 5.70. The number of hydrogen-bond donors (Lipinski definition) is 5. The van der Waals surface area contributed by atoms with Crippen molar-refractivity contribution >= 4 is 35.5 Å². The van der Waals surface area contributed by atoms with Gasteiger partial charge in [-0.2, -0.15) is 0 Å². The molecule has 0 aliphatic carbocycles. The van der Waals surface area contributed by atoms with Gasteiger partial charge >= 0.3 is 5.97 Å². The van der Waals surface area contributed by atoms with Crippen LogP contribution in [-0.4, -0.2) is 87.7 Å². The zero-order valence-corrected chi connectivity index (χ0v) is 17.7. The van der Waals surface area contributed by atoms with Crippen molar-refractivity contribution in [3.8, 4) is 0 Å². The molecule has 5 amide bonds. The maximum atomic E-state index is 12.9. The van der Waals surface area contributed by atoms with Crippen LogP contribution in [0.25, 0.3) is 0 Å². The molecule has 13 nitrogen and oxygen atoms in total. The first-order valence-electron chi connectivity index (χ1n) is 10.5. The molecule has 2 aliphatic heterocycles. The molecule has 0 aromatic carbocycles. The van der Waals surface area contributed by atoms with Crippen molar-refractivity contribution in [2.24, 2.45) is 17.2 Å². The average Bonchev–Trinajstić information content (AvgIpc) is 3.39. The molecule has 0 aromatic heterocycles. The fourth-order valence-corrected chi connectivity index (χ4v) is 4.09. The van der Waals surface area contributed by atoms with Gasteiger partial charge in [0.1, 0.15) is 18.1 Å². The van der Waals surface area contributed by atoms with E-state index in [0.717, 1.165) is 4.90 Å². The highest BCUT2D eigenvalue weighted by Gasteiger charge is 2.41. The summed E-state index contributed by atoms with van der Waals surface area (Å²) < 4.78 is 0. The topological polar surface area (TPSA) is 219 Å². The van der Waals surface area contributed by atoms with E-state index in [2.05, 4.69) is 5.32 Å². The van der Waals surface area contributed by atoms with Crippen LogP contribution in [0.4, 0.5) is 0 Å². The van der Waals surface area contributed by atoms with Crippen molar-refractivity contribution in [1.29, 1.82) is 0 Å². The molecule has 0 aromatic rings. The first-order valence-corrected chi connectivity index (χ1v) is 10.5. The van der Waals surface area contributed by atoms with Crippen LogP contribution in [0.5, 0.6) is 0 Å². The Morgan fingerprint density at radius 1 is 0.906 bits per heavy atom. The Bertz CT molecular complexity index is 788. The van der Waals surface area contributed by atoms with Crippen LogP contribution in [0.1, 0.15) is 44.9 Å². The Morgan fingerprint density at radius 2 is 1.47 bits per heavy atom. The number of rotatable bonds is 10. The van der Waals surface area contributed by atoms with Gasteiger partial charge in [-0.25, -0.2) is 4.79 Å². The van der Waals surface area contributed by atoms with Crippen LogP contribution >= 0.6 is 0 Å². The number of primary amides is 2. The second-order valence-electron chi connectivity index (χ2n) is 8.06. The van der Waals surface area contributed by atoms with E-state index in [1.807, 2.05) is 0 Å². The molecular formula is C19H30N6O7. The number of hydrogen-bond acceptors (Lipinski definition) is 7. The monoisotopic (exact) mass is 454 g/mol. The van der Waals surface area contributed by atoms with Crippen LogP contribution in [-0.2, 0) is 28.8 Å². The molecule has 8 N–H and O–H groups in total. The predicted molar refractivity (Wildman–Crippen MR) is 109 cm³/mol. The summed E-state index contributed by atoms with van der Waals surface area (Å²) in [7, 11) is 0. The van der Waals surface area contributed by atoms with Crippen LogP contribution in [0.3, 0.4) is 0 Å². The Morgan fingerprint density at radius 3 is 2.00 bits per heavy atom. The minimum atomic E-state index is -1.35. The largest absolute Gasteiger partial charge is 0.480 e. The number of likely N-dealkylation sites (tertiary alicyclic amines) is 2. The molecule has 2 saturated heterocycles. The van der Waals surface area contributed by atoms with Crippen molar-refractivity contribution in [2.75, 3.05) is 13.1 Å². The molecule has 2 rings (SSSR count). The number of carboxylic acid groups (broad SMARTS) is 1. The Hall–Kier alpha value is -3.22. The van der Waals surface area contributed by atoms with E-state index >= 15 is 0 Å². The molecule has 178 valence electrons. The maximum absolute atomic E-state index is 12.9. The molecule has 4 atom stereocenters. The van der Waals surface area contributed by atoms with Gasteiger partial charge in [-0.3, -0.25) is 24.0 Å². The molecule has 2 heterocycles. The standard InChI is InChI=1S/C19H30N6O7/c20-10(5-6-14(21)26)17(29)24-7-1-3-12(24)16(28)23-11(9-15(22)27)18(30)25-8-2-4-13(25)19(31)32/h10-13H,1-9,20H2,(H2,21,26)(H2,22,27)(H,23,28)(H,31,32). The molecule has 0 spiro atoms. The highest BCUT2D eigenvalue weighted by atomic mass is 16.4. The van der Waals surface area contributed by atoms with Gasteiger partial charge in [-0.05, 0) is 32.1 Å². The van der Waals surface area contributed by atoms with Crippen molar-refractivity contribution < 1.29 is 33.9 Å². The van der Waals surface area contributed by atoms with Gasteiger partial charge < -0.3 is 37.4 Å². The van der Waals surface area contributed by atoms with E-state index in [-0.39, 0.29) is 32.4 Å². The quantitative estimate of drug-likeness (QED) is 0.228. The van der Waals surface area contributed by atoms with Crippen molar-refractivity contribution in [3.05, 3.63) is 0 Å². The zero-order valence-electron chi connectivity index (χ0n) is 17.7. The predicted octanol–water partition coefficient (Wildman–Crippen LogP) is -2.99. The van der Waals surface area contributed by atoms with Crippen molar-refractivity contribution in [1.82, 2.24) is 15.1 Å². The summed E-state index contributed by atoms with van der Waals surface area (Å²) >= 11 is 0. The number of carbonyl (C=O) groups excluding carboxylic acids is 5. The number of nitrogens with zero attached hydrogens (tertiary/aromatic N) is 2. The van der Waals surface area contributed by atoms with Gasteiger partial charge in [0.25, 0.3) is 0 Å². The summed E-state index contributed by atoms with van der Waals surface area (Å²) in [5.41, 5.74) is 16.2. The molecule has 32 heavy (non-hydrogen) atoms. The lowest BCUT2D eigenvalue weighted by Gasteiger charge is -2.30. The van der Waals surface area contributed by atoms with Gasteiger partial charge in [-0.15, -0.1) is 0 Å². The summed E-state index contributed by atoms with van der Waals surface area (Å²) in [4.78, 5) is 74.7. The van der Waals surface area contributed by atoms with Gasteiger partial charge in [0.05, 0.1) is 12.5 Å². The molecule has 0 saturated carbocycles. The molecular weight excluding hydrogens is 424 g/mol. The molecule has 13 heteroatoms. The minimum Gasteiger partial charge on any atom is -0.480 e. The summed E-state index contributed by atoms with van der Waals surface area (Å²) in [6.45, 7) is 0.451. The summed E-state index contributed by atoms with van der Waals surface area (Å²) in [5.74, 6) is -4.51. The van der Waals surface area contributed by atoms with E-state index in [1.54, 1.807) is 0 Å². The summed E-state index contributed by atoms with van der Waals surface area (Å²) in [6.07, 6.45) is 1.04. The molecule has 0 bridgehead atoms. The SMILES string of the molecule is NC(=O)CCC(N)C(=O)N1CCCC1C(=O)NC(CC(N)=O)C(=O)N1CCCC1C(=O)O. The molecule has 4 unspecified atom stereocenters. The van der Waals surface area contributed by atoms with Crippen LogP contribution in [0.2, 0.25) is 0 Å². The lowest BCUT2D eigenvalue weighted by atomic mass is 10.1. The number of nitrogens with two attached hydrogens (primary N) is 3. The maximum Gasteiger partial charge on any atom is 0.326 e. The molecule has 2 aliphatic rings. The normalized spacial score (nSPS) is 22.3. The van der Waals surface area contributed by atoms with Gasteiger partial charge in [0.2, 0.25) is 29.5 Å². The van der Waals surface area contributed by atoms with E-state index < -0.39 is 66.1 Å². The Balaban J connectivity index is 2.10. The van der Waals surface area contributed by atoms with Crippen molar-refractivity contribution in [3.63, 3.8) is 0 Å². The third-order valence-corrected chi connectivity index (χ3v) is 5.70. The van der Waals surface area contributed by atoms with Crippen LogP contribution in [0.15, 0.2) is 0 Å². The number of carbonyl (C=O) groups is 6. The summed E-state index contributed by atoms with van der Waals surface area (Å²) in [5, 5.41) is 11.8. The average molecular weight is 454 g/mol. The number of carboxylic acids is 1. The van der Waals surface area contributed by atoms with Gasteiger partial charge in [0.15, 0.2) is 0 Å². The van der Waals surface area contributed by atoms with Gasteiger partial charge in [-0.1, -0.05) is 0 Å². The van der Waals surface area contributed by atoms with Crippen molar-refractivity contribution in [2.45, 2.75) is 69.1 Å². The highest BCUT2D eigenvalue weighted by Crippen LogP contribution is 2.21. The number of amides is 5. The van der Waals surface area contributed by atoms with E-state index in [4.69, 9.17) is 17.2 Å².